The first kappa shape index (κ1) is 19.6. The molecule has 1 aromatic rings. The Labute approximate surface area is 137 Å². The van der Waals surface area contributed by atoms with Gasteiger partial charge in [0, 0.05) is 0 Å². The van der Waals surface area contributed by atoms with E-state index in [0.717, 1.165) is 5.56 Å². The van der Waals surface area contributed by atoms with Gasteiger partial charge in [-0.15, -0.1) is 12.3 Å². The fourth-order valence-corrected chi connectivity index (χ4v) is 3.28. The molecule has 0 aliphatic carbocycles. The number of aliphatic hydroxyl groups excluding tert-OH is 1. The second-order valence-corrected chi connectivity index (χ2v) is 7.27. The minimum absolute atomic E-state index is 0.0130. The molecule has 0 radical (unpaired) electrons. The molecule has 0 amide bonds. The number of terminal acetylenes is 1. The molecule has 0 aromatic heterocycles. The topological polar surface area (TPSA) is 93.1 Å². The Kier molecular flexibility index (Phi) is 7.68. The summed E-state index contributed by atoms with van der Waals surface area (Å²) < 4.78 is 35.5. The average Bonchev–Trinajstić information content (AvgIpc) is 2.51. The molecule has 0 aliphatic heterocycles. The van der Waals surface area contributed by atoms with Crippen molar-refractivity contribution in [1.82, 2.24) is 0 Å². The predicted molar refractivity (Wildman–Crippen MR) is 85.5 cm³/mol. The normalized spacial score (nSPS) is 14.2. The Bertz CT molecular complexity index is 617. The molecular formula is C16H22O6S. The molecule has 6 nitrogen and oxygen atoms in total. The lowest BCUT2D eigenvalue weighted by Crippen LogP contribution is -2.43. The van der Waals surface area contributed by atoms with E-state index in [2.05, 4.69) is 5.92 Å². The zero-order valence-corrected chi connectivity index (χ0v) is 13.9. The summed E-state index contributed by atoms with van der Waals surface area (Å²) in [4.78, 5) is -2.21. The maximum atomic E-state index is 12.6. The molecule has 0 heterocycles. The van der Waals surface area contributed by atoms with Crippen molar-refractivity contribution in [3.8, 4) is 12.3 Å². The van der Waals surface area contributed by atoms with Gasteiger partial charge in [-0.05, 0) is 19.1 Å². The van der Waals surface area contributed by atoms with Gasteiger partial charge in [-0.1, -0.05) is 17.7 Å². The van der Waals surface area contributed by atoms with E-state index >= 15 is 0 Å². The summed E-state index contributed by atoms with van der Waals surface area (Å²) in [7, 11) is -4.07. The number of sulfone groups is 1. The highest BCUT2D eigenvalue weighted by molar-refractivity contribution is 7.92. The monoisotopic (exact) mass is 342 g/mol. The lowest BCUT2D eigenvalue weighted by Gasteiger charge is -2.26. The molecule has 128 valence electrons. The number of hydrogen-bond donors (Lipinski definition) is 2. The molecule has 0 saturated carbocycles. The Morgan fingerprint density at radius 3 is 2.35 bits per heavy atom. The minimum Gasteiger partial charge on any atom is -0.394 e. The van der Waals surface area contributed by atoms with Gasteiger partial charge in [0.2, 0.25) is 14.8 Å². The Morgan fingerprint density at radius 1 is 1.17 bits per heavy atom. The van der Waals surface area contributed by atoms with Gasteiger partial charge < -0.3 is 19.7 Å². The van der Waals surface area contributed by atoms with Gasteiger partial charge in [0.15, 0.2) is 0 Å². The van der Waals surface area contributed by atoms with Crippen LogP contribution in [0.2, 0.25) is 0 Å². The van der Waals surface area contributed by atoms with Gasteiger partial charge in [-0.3, -0.25) is 0 Å². The van der Waals surface area contributed by atoms with Crippen molar-refractivity contribution in [2.75, 3.05) is 33.0 Å². The van der Waals surface area contributed by atoms with E-state index in [9.17, 15) is 13.5 Å². The zero-order valence-electron chi connectivity index (χ0n) is 13.1. The van der Waals surface area contributed by atoms with E-state index in [1.54, 1.807) is 12.1 Å². The summed E-state index contributed by atoms with van der Waals surface area (Å²) in [5.74, 6) is 2.18. The van der Waals surface area contributed by atoms with E-state index < -0.39 is 21.4 Å². The lowest BCUT2D eigenvalue weighted by molar-refractivity contribution is -0.0168. The van der Waals surface area contributed by atoms with E-state index in [4.69, 9.17) is 21.0 Å². The molecule has 0 aliphatic rings. The van der Waals surface area contributed by atoms with Gasteiger partial charge in [0.25, 0.3) is 0 Å². The first-order valence-corrected chi connectivity index (χ1v) is 8.59. The largest absolute Gasteiger partial charge is 0.394 e. The highest BCUT2D eigenvalue weighted by Gasteiger charge is 2.42. The Morgan fingerprint density at radius 2 is 1.78 bits per heavy atom. The van der Waals surface area contributed by atoms with Crippen molar-refractivity contribution < 1.29 is 28.1 Å². The third-order valence-corrected chi connectivity index (χ3v) is 5.30. The van der Waals surface area contributed by atoms with Crippen LogP contribution in [-0.4, -0.2) is 56.6 Å². The molecule has 1 atom stereocenters. The average molecular weight is 342 g/mol. The summed E-state index contributed by atoms with van der Waals surface area (Å²) in [6.45, 7) is 1.69. The van der Waals surface area contributed by atoms with E-state index in [1.165, 1.54) is 12.1 Å². The van der Waals surface area contributed by atoms with Gasteiger partial charge >= 0.3 is 0 Å². The van der Waals surface area contributed by atoms with Crippen molar-refractivity contribution in [2.45, 2.75) is 23.2 Å². The first-order chi connectivity index (χ1) is 10.9. The van der Waals surface area contributed by atoms with Crippen LogP contribution >= 0.6 is 0 Å². The number of rotatable bonds is 10. The molecule has 0 saturated heterocycles. The van der Waals surface area contributed by atoms with E-state index in [1.807, 2.05) is 6.92 Å². The van der Waals surface area contributed by atoms with Crippen molar-refractivity contribution in [3.05, 3.63) is 29.8 Å². The quantitative estimate of drug-likeness (QED) is 0.475. The maximum Gasteiger partial charge on any atom is 0.211 e. The number of aryl methyl sites for hydroxylation is 1. The fraction of sp³-hybridized carbons (Fsp3) is 0.500. The highest BCUT2D eigenvalue weighted by Crippen LogP contribution is 2.27. The van der Waals surface area contributed by atoms with Crippen LogP contribution in [0.1, 0.15) is 12.0 Å². The van der Waals surface area contributed by atoms with Crippen LogP contribution in [-0.2, 0) is 19.3 Å². The predicted octanol–water partition coefficient (Wildman–Crippen LogP) is 0.506. The molecule has 0 spiro atoms. The van der Waals surface area contributed by atoms with Gasteiger partial charge in [0.05, 0.1) is 44.4 Å². The van der Waals surface area contributed by atoms with E-state index in [0.29, 0.717) is 0 Å². The smallest absolute Gasteiger partial charge is 0.211 e. The molecule has 7 heteroatoms. The molecule has 2 N–H and O–H groups in total. The summed E-state index contributed by atoms with van der Waals surface area (Å²) in [5.41, 5.74) is 0.904. The molecule has 1 rings (SSSR count). The standard InChI is InChI=1S/C16H22O6S/c1-3-8-16(18,13-22-12-11-21-10-9-17)23(19,20)15-6-4-14(2)5-7-15/h1,4-7,17-18H,8-13H2,2H3. The van der Waals surface area contributed by atoms with Gasteiger partial charge in [0.1, 0.15) is 0 Å². The van der Waals surface area contributed by atoms with Crippen LogP contribution in [0.25, 0.3) is 0 Å². The second kappa shape index (κ2) is 9.01. The third kappa shape index (κ3) is 5.30. The minimum atomic E-state index is -4.07. The van der Waals surface area contributed by atoms with Crippen LogP contribution in [0, 0.1) is 19.3 Å². The van der Waals surface area contributed by atoms with Crippen molar-refractivity contribution in [1.29, 1.82) is 0 Å². The van der Waals surface area contributed by atoms with E-state index in [-0.39, 0.29) is 37.7 Å². The zero-order chi connectivity index (χ0) is 17.3. The molecular weight excluding hydrogens is 320 g/mol. The molecule has 23 heavy (non-hydrogen) atoms. The highest BCUT2D eigenvalue weighted by atomic mass is 32.2. The number of hydrogen-bond acceptors (Lipinski definition) is 6. The Balaban J connectivity index is 2.82. The summed E-state index contributed by atoms with van der Waals surface area (Å²) in [5, 5.41) is 19.1. The molecule has 1 unspecified atom stereocenters. The SMILES string of the molecule is C#CCC(O)(COCCOCCO)S(=O)(=O)c1ccc(C)cc1. The summed E-state index contributed by atoms with van der Waals surface area (Å²) >= 11 is 0. The van der Waals surface area contributed by atoms with Crippen molar-refractivity contribution in [2.24, 2.45) is 0 Å². The number of benzene rings is 1. The first-order valence-electron chi connectivity index (χ1n) is 7.11. The molecule has 0 fully saturated rings. The maximum absolute atomic E-state index is 12.6. The van der Waals surface area contributed by atoms with Crippen molar-refractivity contribution in [3.63, 3.8) is 0 Å². The van der Waals surface area contributed by atoms with Crippen LogP contribution < -0.4 is 0 Å². The fourth-order valence-electron chi connectivity index (χ4n) is 1.84. The summed E-state index contributed by atoms with van der Waals surface area (Å²) in [6, 6.07) is 6.15. The summed E-state index contributed by atoms with van der Waals surface area (Å²) in [6.07, 6.45) is 4.81. The van der Waals surface area contributed by atoms with Gasteiger partial charge in [-0.25, -0.2) is 8.42 Å². The van der Waals surface area contributed by atoms with Crippen LogP contribution in [0.3, 0.4) is 0 Å². The third-order valence-electron chi connectivity index (χ3n) is 3.15. The molecule has 1 aromatic carbocycles. The van der Waals surface area contributed by atoms with Crippen LogP contribution in [0.5, 0.6) is 0 Å². The lowest BCUT2D eigenvalue weighted by atomic mass is 10.2. The second-order valence-electron chi connectivity index (χ2n) is 5.03. The van der Waals surface area contributed by atoms with Crippen molar-refractivity contribution >= 4 is 9.84 Å². The van der Waals surface area contributed by atoms with Gasteiger partial charge in [-0.2, -0.15) is 0 Å². The number of aliphatic hydroxyl groups is 2. The van der Waals surface area contributed by atoms with Crippen LogP contribution in [0.4, 0.5) is 0 Å². The number of ether oxygens (including phenoxy) is 2. The Hall–Kier alpha value is -1.43. The van der Waals surface area contributed by atoms with Crippen LogP contribution in [0.15, 0.2) is 29.2 Å². The molecule has 0 bridgehead atoms.